The number of hydrogen-bond acceptors (Lipinski definition) is 3. The molecule has 0 radical (unpaired) electrons. The van der Waals surface area contributed by atoms with Gasteiger partial charge in [-0.1, -0.05) is 26.2 Å². The fraction of sp³-hybridized carbons (Fsp3) is 1.00. The van der Waals surface area contributed by atoms with Crippen molar-refractivity contribution in [3.05, 3.63) is 0 Å². The van der Waals surface area contributed by atoms with Gasteiger partial charge in [-0.3, -0.25) is 4.55 Å². The lowest BCUT2D eigenvalue weighted by molar-refractivity contribution is 0.224. The SMILES string of the molecule is CCC1(NCCCS(=O)(=O)O)CCCCC1. The molecule has 1 rings (SSSR count). The highest BCUT2D eigenvalue weighted by molar-refractivity contribution is 7.85. The van der Waals surface area contributed by atoms with E-state index >= 15 is 0 Å². The van der Waals surface area contributed by atoms with Crippen LogP contribution in [0.4, 0.5) is 0 Å². The zero-order valence-corrected chi connectivity index (χ0v) is 10.9. The second-order valence-electron chi connectivity index (χ2n) is 4.76. The molecule has 0 aliphatic heterocycles. The molecule has 0 amide bonds. The van der Waals surface area contributed by atoms with E-state index < -0.39 is 10.1 Å². The molecule has 0 aromatic rings. The second kappa shape index (κ2) is 5.98. The van der Waals surface area contributed by atoms with E-state index in [-0.39, 0.29) is 11.3 Å². The number of nitrogens with one attached hydrogen (secondary N) is 1. The molecule has 0 bridgehead atoms. The highest BCUT2D eigenvalue weighted by Gasteiger charge is 2.28. The standard InChI is InChI=1S/C11H23NO3S/c1-2-11(7-4-3-5-8-11)12-9-6-10-16(13,14)15/h12H,2-10H2,1H3,(H,13,14,15). The summed E-state index contributed by atoms with van der Waals surface area (Å²) in [6.45, 7) is 2.86. The fourth-order valence-electron chi connectivity index (χ4n) is 2.49. The molecule has 0 unspecified atom stereocenters. The van der Waals surface area contributed by atoms with Gasteiger partial charge in [0.25, 0.3) is 10.1 Å². The number of hydrogen-bond donors (Lipinski definition) is 2. The Morgan fingerprint density at radius 3 is 2.38 bits per heavy atom. The quantitative estimate of drug-likeness (QED) is 0.558. The van der Waals surface area contributed by atoms with Crippen LogP contribution >= 0.6 is 0 Å². The Labute approximate surface area is 98.6 Å². The lowest BCUT2D eigenvalue weighted by atomic mass is 9.80. The summed E-state index contributed by atoms with van der Waals surface area (Å²) in [7, 11) is -3.79. The van der Waals surface area contributed by atoms with Crippen LogP contribution in [0.3, 0.4) is 0 Å². The summed E-state index contributed by atoms with van der Waals surface area (Å²) >= 11 is 0. The Morgan fingerprint density at radius 2 is 1.88 bits per heavy atom. The molecule has 16 heavy (non-hydrogen) atoms. The molecule has 0 atom stereocenters. The molecule has 5 heteroatoms. The van der Waals surface area contributed by atoms with Crippen molar-refractivity contribution in [2.45, 2.75) is 57.4 Å². The Hall–Kier alpha value is -0.130. The van der Waals surface area contributed by atoms with Crippen molar-refractivity contribution in [2.75, 3.05) is 12.3 Å². The molecule has 0 heterocycles. The first-order chi connectivity index (χ1) is 7.47. The molecule has 0 aromatic carbocycles. The topological polar surface area (TPSA) is 66.4 Å². The average molecular weight is 249 g/mol. The molecule has 96 valence electrons. The summed E-state index contributed by atoms with van der Waals surface area (Å²) < 4.78 is 29.7. The zero-order valence-electron chi connectivity index (χ0n) is 10.0. The molecule has 0 aromatic heterocycles. The summed E-state index contributed by atoms with van der Waals surface area (Å²) in [5, 5.41) is 3.48. The fourth-order valence-corrected chi connectivity index (χ4v) is 3.00. The first-order valence-electron chi connectivity index (χ1n) is 6.18. The Morgan fingerprint density at radius 1 is 1.25 bits per heavy atom. The maximum absolute atomic E-state index is 10.6. The highest BCUT2D eigenvalue weighted by atomic mass is 32.2. The third kappa shape index (κ3) is 4.80. The minimum atomic E-state index is -3.79. The first kappa shape index (κ1) is 13.9. The van der Waals surface area contributed by atoms with Crippen LogP contribution in [-0.4, -0.2) is 30.8 Å². The predicted molar refractivity (Wildman–Crippen MR) is 65.1 cm³/mol. The molecular weight excluding hydrogens is 226 g/mol. The smallest absolute Gasteiger partial charge is 0.264 e. The predicted octanol–water partition coefficient (Wildman–Crippen LogP) is 1.97. The Balaban J connectivity index is 2.28. The van der Waals surface area contributed by atoms with Gasteiger partial charge in [-0.2, -0.15) is 8.42 Å². The highest BCUT2D eigenvalue weighted by Crippen LogP contribution is 2.30. The van der Waals surface area contributed by atoms with Gasteiger partial charge in [-0.15, -0.1) is 0 Å². The van der Waals surface area contributed by atoms with Crippen LogP contribution in [0.2, 0.25) is 0 Å². The molecular formula is C11H23NO3S. The summed E-state index contributed by atoms with van der Waals surface area (Å²) in [6.07, 6.45) is 7.80. The van der Waals surface area contributed by atoms with Crippen molar-refractivity contribution in [3.8, 4) is 0 Å². The Bertz CT molecular complexity index is 294. The van der Waals surface area contributed by atoms with E-state index in [0.717, 1.165) is 6.42 Å². The van der Waals surface area contributed by atoms with Gasteiger partial charge in [-0.25, -0.2) is 0 Å². The maximum atomic E-state index is 10.6. The molecule has 0 spiro atoms. The van der Waals surface area contributed by atoms with Crippen LogP contribution in [0.25, 0.3) is 0 Å². The normalized spacial score (nSPS) is 20.9. The third-order valence-electron chi connectivity index (χ3n) is 3.57. The van der Waals surface area contributed by atoms with E-state index in [1.807, 2.05) is 0 Å². The molecule has 2 N–H and O–H groups in total. The van der Waals surface area contributed by atoms with Crippen LogP contribution < -0.4 is 5.32 Å². The van der Waals surface area contributed by atoms with Crippen molar-refractivity contribution in [2.24, 2.45) is 0 Å². The van der Waals surface area contributed by atoms with Gasteiger partial charge in [0.2, 0.25) is 0 Å². The molecule has 4 nitrogen and oxygen atoms in total. The largest absolute Gasteiger partial charge is 0.311 e. The van der Waals surface area contributed by atoms with Crippen molar-refractivity contribution in [3.63, 3.8) is 0 Å². The van der Waals surface area contributed by atoms with Crippen molar-refractivity contribution < 1.29 is 13.0 Å². The minimum Gasteiger partial charge on any atom is -0.311 e. The summed E-state index contributed by atoms with van der Waals surface area (Å²) in [5.41, 5.74) is 0.220. The Kier molecular flexibility index (Phi) is 5.21. The van der Waals surface area contributed by atoms with Gasteiger partial charge < -0.3 is 5.32 Å². The summed E-state index contributed by atoms with van der Waals surface area (Å²) in [4.78, 5) is 0. The van der Waals surface area contributed by atoms with E-state index in [4.69, 9.17) is 4.55 Å². The van der Waals surface area contributed by atoms with E-state index in [1.54, 1.807) is 0 Å². The van der Waals surface area contributed by atoms with Crippen LogP contribution in [0.1, 0.15) is 51.9 Å². The van der Waals surface area contributed by atoms with Gasteiger partial charge >= 0.3 is 0 Å². The zero-order chi connectivity index (χ0) is 12.1. The average Bonchev–Trinajstić information content (AvgIpc) is 2.25. The molecule has 1 aliphatic carbocycles. The van der Waals surface area contributed by atoms with Gasteiger partial charge in [0.1, 0.15) is 0 Å². The molecule has 0 saturated heterocycles. The minimum absolute atomic E-state index is 0.139. The summed E-state index contributed by atoms with van der Waals surface area (Å²) in [5.74, 6) is -0.139. The van der Waals surface area contributed by atoms with E-state index in [9.17, 15) is 8.42 Å². The second-order valence-corrected chi connectivity index (χ2v) is 6.33. The lowest BCUT2D eigenvalue weighted by Gasteiger charge is -2.37. The van der Waals surface area contributed by atoms with Gasteiger partial charge in [0.05, 0.1) is 5.75 Å². The lowest BCUT2D eigenvalue weighted by Crippen LogP contribution is -2.46. The van der Waals surface area contributed by atoms with E-state index in [0.29, 0.717) is 13.0 Å². The van der Waals surface area contributed by atoms with Crippen LogP contribution in [-0.2, 0) is 10.1 Å². The van der Waals surface area contributed by atoms with Crippen LogP contribution in [0.5, 0.6) is 0 Å². The third-order valence-corrected chi connectivity index (χ3v) is 4.37. The first-order valence-corrected chi connectivity index (χ1v) is 7.79. The van der Waals surface area contributed by atoms with Gasteiger partial charge in [0.15, 0.2) is 0 Å². The van der Waals surface area contributed by atoms with Crippen molar-refractivity contribution in [1.82, 2.24) is 5.32 Å². The van der Waals surface area contributed by atoms with Gasteiger partial charge in [-0.05, 0) is 32.2 Å². The van der Waals surface area contributed by atoms with E-state index in [2.05, 4.69) is 12.2 Å². The molecule has 1 saturated carbocycles. The molecule has 1 aliphatic rings. The maximum Gasteiger partial charge on any atom is 0.264 e. The monoisotopic (exact) mass is 249 g/mol. The van der Waals surface area contributed by atoms with Crippen LogP contribution in [0, 0.1) is 0 Å². The summed E-state index contributed by atoms with van der Waals surface area (Å²) in [6, 6.07) is 0. The van der Waals surface area contributed by atoms with Crippen molar-refractivity contribution in [1.29, 1.82) is 0 Å². The van der Waals surface area contributed by atoms with Crippen LogP contribution in [0.15, 0.2) is 0 Å². The van der Waals surface area contributed by atoms with E-state index in [1.165, 1.54) is 32.1 Å². The molecule has 1 fully saturated rings. The van der Waals surface area contributed by atoms with Gasteiger partial charge in [0, 0.05) is 5.54 Å². The van der Waals surface area contributed by atoms with Crippen molar-refractivity contribution >= 4 is 10.1 Å². The number of rotatable bonds is 6.